The number of fused-ring (bicyclic) bond motifs is 4. The molecule has 6 rings (SSSR count). The predicted octanol–water partition coefficient (Wildman–Crippen LogP) is 5.53. The number of benzene rings is 4. The lowest BCUT2D eigenvalue weighted by Gasteiger charge is -2.29. The summed E-state index contributed by atoms with van der Waals surface area (Å²) in [6.07, 6.45) is 0. The van der Waals surface area contributed by atoms with Gasteiger partial charge < -0.3 is 0 Å². The first-order valence-electron chi connectivity index (χ1n) is 11.1. The lowest BCUT2D eigenvalue weighted by Crippen LogP contribution is -2.29. The number of carbonyl (C=O) groups is 3. The number of hydrogen-bond acceptors (Lipinski definition) is 3. The number of rotatable bonds is 4. The van der Waals surface area contributed by atoms with Crippen molar-refractivity contribution < 1.29 is 14.4 Å². The molecular weight excluding hydrogens is 408 g/mol. The highest BCUT2D eigenvalue weighted by Crippen LogP contribution is 2.68. The summed E-state index contributed by atoms with van der Waals surface area (Å²) in [5.41, 5.74) is 3.00. The third-order valence-electron chi connectivity index (χ3n) is 7.12. The van der Waals surface area contributed by atoms with Crippen LogP contribution in [0.5, 0.6) is 0 Å². The van der Waals surface area contributed by atoms with E-state index in [1.807, 2.05) is 84.9 Å². The number of carbonyl (C=O) groups excluding carboxylic acids is 3. The minimum Gasteiger partial charge on any atom is -0.294 e. The zero-order valence-electron chi connectivity index (χ0n) is 17.8. The molecule has 3 nitrogen and oxygen atoms in total. The summed E-state index contributed by atoms with van der Waals surface area (Å²) in [5, 5.41) is 0. The van der Waals surface area contributed by atoms with Gasteiger partial charge in [-0.2, -0.15) is 0 Å². The van der Waals surface area contributed by atoms with E-state index in [-0.39, 0.29) is 17.3 Å². The molecule has 0 amide bonds. The molecule has 158 valence electrons. The Kier molecular flexibility index (Phi) is 4.27. The molecule has 2 atom stereocenters. The monoisotopic (exact) mass is 428 g/mol. The van der Waals surface area contributed by atoms with E-state index in [0.717, 1.165) is 11.1 Å². The summed E-state index contributed by atoms with van der Waals surface area (Å²) in [6.45, 7) is 0. The molecule has 0 bridgehead atoms. The Morgan fingerprint density at radius 1 is 0.515 bits per heavy atom. The molecule has 2 aliphatic carbocycles. The molecule has 1 fully saturated rings. The fourth-order valence-corrected chi connectivity index (χ4v) is 5.71. The van der Waals surface area contributed by atoms with Crippen molar-refractivity contribution in [2.24, 2.45) is 11.8 Å². The third kappa shape index (κ3) is 2.66. The Morgan fingerprint density at radius 3 is 1.30 bits per heavy atom. The summed E-state index contributed by atoms with van der Waals surface area (Å²) >= 11 is 0. The zero-order chi connectivity index (χ0) is 22.6. The molecule has 0 unspecified atom stereocenters. The van der Waals surface area contributed by atoms with Gasteiger partial charge in [-0.3, -0.25) is 14.4 Å². The van der Waals surface area contributed by atoms with Gasteiger partial charge in [0, 0.05) is 39.5 Å². The first-order chi connectivity index (χ1) is 16.2. The molecule has 0 N–H and O–H groups in total. The van der Waals surface area contributed by atoms with Crippen LogP contribution >= 0.6 is 0 Å². The first kappa shape index (κ1) is 19.6. The number of ketones is 3. The van der Waals surface area contributed by atoms with E-state index < -0.39 is 17.3 Å². The van der Waals surface area contributed by atoms with Crippen molar-refractivity contribution in [2.75, 3.05) is 0 Å². The third-order valence-corrected chi connectivity index (χ3v) is 7.12. The predicted molar refractivity (Wildman–Crippen MR) is 126 cm³/mol. The number of Topliss-reactive ketones (excluding diaryl/α,β-unsaturated/α-hetero) is 2. The molecule has 1 saturated carbocycles. The van der Waals surface area contributed by atoms with Crippen LogP contribution in [0.15, 0.2) is 109 Å². The maximum absolute atomic E-state index is 13.9. The van der Waals surface area contributed by atoms with Crippen molar-refractivity contribution >= 4 is 17.3 Å². The summed E-state index contributed by atoms with van der Waals surface area (Å²) in [4.78, 5) is 41.1. The fraction of sp³-hybridized carbons (Fsp3) is 0.100. The minimum absolute atomic E-state index is 0.0597. The van der Waals surface area contributed by atoms with E-state index in [1.165, 1.54) is 0 Å². The topological polar surface area (TPSA) is 51.2 Å². The van der Waals surface area contributed by atoms with Crippen LogP contribution in [0.1, 0.15) is 47.8 Å². The van der Waals surface area contributed by atoms with Gasteiger partial charge in [-0.05, 0) is 11.1 Å². The van der Waals surface area contributed by atoms with Crippen LogP contribution in [0.3, 0.4) is 0 Å². The van der Waals surface area contributed by atoms with Crippen molar-refractivity contribution in [3.63, 3.8) is 0 Å². The lowest BCUT2D eigenvalue weighted by molar-refractivity contribution is 0.0906. The standard InChI is InChI=1S/C30H20O3/c31-27(19-11-3-1-4-12-19)25-26(28(32)20-13-5-2-6-14-20)30(25)23-17-9-7-15-21(23)29(33)22-16-8-10-18-24(22)30/h1-18,25-26H/t25-,26-/m1/s1. The van der Waals surface area contributed by atoms with Crippen molar-refractivity contribution in [1.82, 2.24) is 0 Å². The van der Waals surface area contributed by atoms with Gasteiger partial charge in [-0.15, -0.1) is 0 Å². The fourth-order valence-electron chi connectivity index (χ4n) is 5.71. The van der Waals surface area contributed by atoms with Crippen LogP contribution in [-0.2, 0) is 5.41 Å². The molecule has 3 heteroatoms. The maximum atomic E-state index is 13.9. The van der Waals surface area contributed by atoms with Crippen LogP contribution < -0.4 is 0 Å². The van der Waals surface area contributed by atoms with Crippen LogP contribution in [0.25, 0.3) is 0 Å². The van der Waals surface area contributed by atoms with Gasteiger partial charge in [-0.1, -0.05) is 109 Å². The Bertz CT molecular complexity index is 1310. The highest BCUT2D eigenvalue weighted by molar-refractivity contribution is 6.18. The van der Waals surface area contributed by atoms with E-state index >= 15 is 0 Å². The van der Waals surface area contributed by atoms with Gasteiger partial charge in [0.2, 0.25) is 0 Å². The minimum atomic E-state index is -0.860. The largest absolute Gasteiger partial charge is 0.294 e. The average Bonchev–Trinajstić information content (AvgIpc) is 3.58. The quantitative estimate of drug-likeness (QED) is 0.402. The summed E-state index contributed by atoms with van der Waals surface area (Å²) in [7, 11) is 0. The Hall–Kier alpha value is -4.11. The molecule has 4 aromatic carbocycles. The summed E-state index contributed by atoms with van der Waals surface area (Å²) < 4.78 is 0. The van der Waals surface area contributed by atoms with Gasteiger partial charge in [0.25, 0.3) is 0 Å². The van der Waals surface area contributed by atoms with E-state index in [1.54, 1.807) is 24.3 Å². The Labute approximate surface area is 191 Å². The molecule has 0 aromatic heterocycles. The molecule has 0 aliphatic heterocycles. The van der Waals surface area contributed by atoms with Crippen LogP contribution in [0, 0.1) is 11.8 Å². The summed E-state index contributed by atoms with van der Waals surface area (Å²) in [6, 6.07) is 33.1. The highest BCUT2D eigenvalue weighted by Gasteiger charge is 2.74. The van der Waals surface area contributed by atoms with Gasteiger partial charge >= 0.3 is 0 Å². The maximum Gasteiger partial charge on any atom is 0.193 e. The van der Waals surface area contributed by atoms with Crippen LogP contribution in [-0.4, -0.2) is 17.3 Å². The van der Waals surface area contributed by atoms with E-state index in [4.69, 9.17) is 0 Å². The van der Waals surface area contributed by atoms with E-state index in [0.29, 0.717) is 22.3 Å². The van der Waals surface area contributed by atoms with Crippen molar-refractivity contribution in [3.05, 3.63) is 143 Å². The van der Waals surface area contributed by atoms with E-state index in [2.05, 4.69) is 0 Å². The molecule has 1 spiro atoms. The normalized spacial score (nSPS) is 19.5. The van der Waals surface area contributed by atoms with Crippen LogP contribution in [0.4, 0.5) is 0 Å². The van der Waals surface area contributed by atoms with Gasteiger partial charge in [0.15, 0.2) is 17.3 Å². The lowest BCUT2D eigenvalue weighted by atomic mass is 9.72. The second kappa shape index (κ2) is 7.21. The molecule has 0 saturated heterocycles. The van der Waals surface area contributed by atoms with Crippen molar-refractivity contribution in [3.8, 4) is 0 Å². The van der Waals surface area contributed by atoms with Crippen molar-refractivity contribution in [1.29, 1.82) is 0 Å². The molecule has 4 aromatic rings. The molecule has 33 heavy (non-hydrogen) atoms. The second-order valence-electron chi connectivity index (χ2n) is 8.71. The molecule has 0 heterocycles. The van der Waals surface area contributed by atoms with Crippen LogP contribution in [0.2, 0.25) is 0 Å². The second-order valence-corrected chi connectivity index (χ2v) is 8.71. The summed E-state index contributed by atoms with van der Waals surface area (Å²) in [5.74, 6) is -1.35. The molecule has 2 aliphatic rings. The first-order valence-corrected chi connectivity index (χ1v) is 11.1. The van der Waals surface area contributed by atoms with Gasteiger partial charge in [0.05, 0.1) is 0 Å². The molecular formula is C30H20O3. The van der Waals surface area contributed by atoms with Gasteiger partial charge in [0.1, 0.15) is 0 Å². The molecule has 0 radical (unpaired) electrons. The smallest absolute Gasteiger partial charge is 0.193 e. The Morgan fingerprint density at radius 2 is 0.879 bits per heavy atom. The Balaban J connectivity index is 1.62. The van der Waals surface area contributed by atoms with Crippen molar-refractivity contribution in [2.45, 2.75) is 5.41 Å². The zero-order valence-corrected chi connectivity index (χ0v) is 17.8. The van der Waals surface area contributed by atoms with Gasteiger partial charge in [-0.25, -0.2) is 0 Å². The number of hydrogen-bond donors (Lipinski definition) is 0. The SMILES string of the molecule is O=C1c2ccccc2C2(c3ccccc31)[C@@H](C(=O)c1ccccc1)[C@@H]2C(=O)c1ccccc1. The van der Waals surface area contributed by atoms with E-state index in [9.17, 15) is 14.4 Å². The highest BCUT2D eigenvalue weighted by atomic mass is 16.1. The average molecular weight is 428 g/mol.